The lowest BCUT2D eigenvalue weighted by Gasteiger charge is -2.30. The molecule has 2 heterocycles. The number of alkyl halides is 3. The first-order valence-corrected chi connectivity index (χ1v) is 6.04. The number of rotatable bonds is 2. The van der Waals surface area contributed by atoms with Gasteiger partial charge in [0.2, 0.25) is 5.88 Å². The molecule has 5 nitrogen and oxygen atoms in total. The maximum absolute atomic E-state index is 12.8. The predicted molar refractivity (Wildman–Crippen MR) is 62.5 cm³/mol. The average Bonchev–Trinajstić information content (AvgIpc) is 2.38. The fraction of sp³-hybridized carbons (Fsp3) is 0.500. The Morgan fingerprint density at radius 3 is 2.60 bits per heavy atom. The Labute approximate surface area is 113 Å². The van der Waals surface area contributed by atoms with Gasteiger partial charge in [-0.3, -0.25) is 0 Å². The van der Waals surface area contributed by atoms with Crippen LogP contribution in [0.4, 0.5) is 18.0 Å². The number of likely N-dealkylation sites (tertiary alicyclic amines) is 1. The number of pyridine rings is 1. The molecule has 1 amide bonds. The number of hydrogen-bond donors (Lipinski definition) is 1. The minimum Gasteiger partial charge on any atom is -0.474 e. The quantitative estimate of drug-likeness (QED) is 0.909. The first-order valence-electron chi connectivity index (χ1n) is 6.04. The fourth-order valence-electron chi connectivity index (χ4n) is 2.02. The molecule has 0 aromatic carbocycles. The summed E-state index contributed by atoms with van der Waals surface area (Å²) in [5.74, 6) is -0.450. The van der Waals surface area contributed by atoms with E-state index in [2.05, 4.69) is 4.98 Å². The second-order valence-corrected chi connectivity index (χ2v) is 4.44. The third kappa shape index (κ3) is 3.31. The molecule has 0 unspecified atom stereocenters. The van der Waals surface area contributed by atoms with Gasteiger partial charge in [0.15, 0.2) is 0 Å². The molecule has 20 heavy (non-hydrogen) atoms. The number of amides is 1. The van der Waals surface area contributed by atoms with Crippen LogP contribution in [-0.4, -0.2) is 40.3 Å². The highest BCUT2D eigenvalue weighted by Gasteiger charge is 2.36. The molecule has 1 N–H and O–H groups in total. The number of piperidine rings is 1. The molecule has 0 spiro atoms. The molecular weight excluding hydrogens is 277 g/mol. The summed E-state index contributed by atoms with van der Waals surface area (Å²) in [5, 5.41) is 8.79. The molecule has 2 rings (SSSR count). The minimum absolute atomic E-state index is 0.244. The maximum Gasteiger partial charge on any atom is 0.421 e. The maximum atomic E-state index is 12.8. The Kier molecular flexibility index (Phi) is 4.01. The standard InChI is InChI=1S/C12H13F3N2O3/c13-12(14,15)9-2-1-5-16-10(9)20-8-3-6-17(7-4-8)11(18)19/h1-2,5,8H,3-4,6-7H2,(H,18,19). The summed E-state index contributed by atoms with van der Waals surface area (Å²) in [5.41, 5.74) is -0.916. The molecular formula is C12H13F3N2O3. The Hall–Kier alpha value is -1.99. The van der Waals surface area contributed by atoms with Crippen molar-refractivity contribution >= 4 is 6.09 Å². The molecule has 0 radical (unpaired) electrons. The molecule has 0 bridgehead atoms. The van der Waals surface area contributed by atoms with E-state index in [0.29, 0.717) is 12.8 Å². The van der Waals surface area contributed by atoms with Crippen LogP contribution in [-0.2, 0) is 6.18 Å². The van der Waals surface area contributed by atoms with Gasteiger partial charge in [-0.15, -0.1) is 0 Å². The van der Waals surface area contributed by atoms with Crippen molar-refractivity contribution in [2.24, 2.45) is 0 Å². The van der Waals surface area contributed by atoms with E-state index in [9.17, 15) is 18.0 Å². The van der Waals surface area contributed by atoms with Gasteiger partial charge in [0.25, 0.3) is 0 Å². The van der Waals surface area contributed by atoms with Gasteiger partial charge in [-0.05, 0) is 12.1 Å². The van der Waals surface area contributed by atoms with Crippen molar-refractivity contribution in [2.45, 2.75) is 25.1 Å². The van der Waals surface area contributed by atoms with Crippen molar-refractivity contribution in [1.29, 1.82) is 0 Å². The van der Waals surface area contributed by atoms with Crippen LogP contribution < -0.4 is 4.74 Å². The van der Waals surface area contributed by atoms with Crippen LogP contribution in [0, 0.1) is 0 Å². The third-order valence-corrected chi connectivity index (χ3v) is 3.07. The van der Waals surface area contributed by atoms with Gasteiger partial charge in [-0.2, -0.15) is 13.2 Å². The van der Waals surface area contributed by atoms with Crippen LogP contribution in [0.5, 0.6) is 5.88 Å². The van der Waals surface area contributed by atoms with Crippen LogP contribution >= 0.6 is 0 Å². The van der Waals surface area contributed by atoms with Gasteiger partial charge < -0.3 is 14.7 Å². The van der Waals surface area contributed by atoms with Gasteiger partial charge in [0, 0.05) is 32.1 Å². The van der Waals surface area contributed by atoms with Gasteiger partial charge in [0.1, 0.15) is 11.7 Å². The number of aromatic nitrogens is 1. The summed E-state index contributed by atoms with van der Waals surface area (Å²) in [7, 11) is 0. The Morgan fingerprint density at radius 1 is 1.40 bits per heavy atom. The molecule has 110 valence electrons. The van der Waals surface area contributed by atoms with Crippen LogP contribution in [0.2, 0.25) is 0 Å². The van der Waals surface area contributed by atoms with E-state index in [1.54, 1.807) is 0 Å². The molecule has 0 atom stereocenters. The van der Waals surface area contributed by atoms with Crippen LogP contribution in [0.3, 0.4) is 0 Å². The number of nitrogens with zero attached hydrogens (tertiary/aromatic N) is 2. The lowest BCUT2D eigenvalue weighted by Crippen LogP contribution is -2.41. The zero-order valence-electron chi connectivity index (χ0n) is 10.4. The van der Waals surface area contributed by atoms with Gasteiger partial charge >= 0.3 is 12.3 Å². The summed E-state index contributed by atoms with van der Waals surface area (Å²) in [4.78, 5) is 15.6. The van der Waals surface area contributed by atoms with Crippen LogP contribution in [0.25, 0.3) is 0 Å². The van der Waals surface area contributed by atoms with Crippen molar-refractivity contribution in [2.75, 3.05) is 13.1 Å². The number of carbonyl (C=O) groups is 1. The van der Waals surface area contributed by atoms with E-state index < -0.39 is 29.8 Å². The van der Waals surface area contributed by atoms with Gasteiger partial charge in [-0.1, -0.05) is 0 Å². The SMILES string of the molecule is O=C(O)N1CCC(Oc2ncccc2C(F)(F)F)CC1. The first kappa shape index (κ1) is 14.4. The average molecular weight is 290 g/mol. The largest absolute Gasteiger partial charge is 0.474 e. The van der Waals surface area contributed by atoms with Gasteiger partial charge in [-0.25, -0.2) is 9.78 Å². The van der Waals surface area contributed by atoms with Crippen molar-refractivity contribution in [3.05, 3.63) is 23.9 Å². The smallest absolute Gasteiger partial charge is 0.421 e. The molecule has 1 aliphatic rings. The number of ether oxygens (including phenoxy) is 1. The topological polar surface area (TPSA) is 62.7 Å². The monoisotopic (exact) mass is 290 g/mol. The van der Waals surface area contributed by atoms with Crippen molar-refractivity contribution in [1.82, 2.24) is 9.88 Å². The van der Waals surface area contributed by atoms with Crippen LogP contribution in [0.15, 0.2) is 18.3 Å². The molecule has 1 aliphatic heterocycles. The number of hydrogen-bond acceptors (Lipinski definition) is 3. The van der Waals surface area contributed by atoms with Gasteiger partial charge in [0.05, 0.1) is 0 Å². The van der Waals surface area contributed by atoms with Crippen molar-refractivity contribution in [3.63, 3.8) is 0 Å². The Bertz CT molecular complexity index is 485. The highest BCUT2D eigenvalue weighted by molar-refractivity contribution is 5.65. The van der Waals surface area contributed by atoms with Crippen molar-refractivity contribution in [3.8, 4) is 5.88 Å². The molecule has 0 aliphatic carbocycles. The highest BCUT2D eigenvalue weighted by atomic mass is 19.4. The molecule has 1 saturated heterocycles. The molecule has 0 saturated carbocycles. The van der Waals surface area contributed by atoms with E-state index in [-0.39, 0.29) is 13.1 Å². The summed E-state index contributed by atoms with van der Waals surface area (Å²) in [6, 6.07) is 2.11. The molecule has 1 fully saturated rings. The fourth-order valence-corrected chi connectivity index (χ4v) is 2.02. The normalized spacial score (nSPS) is 17.1. The van der Waals surface area contributed by atoms with E-state index in [1.807, 2.05) is 0 Å². The van der Waals surface area contributed by atoms with E-state index in [1.165, 1.54) is 17.2 Å². The third-order valence-electron chi connectivity index (χ3n) is 3.07. The molecule has 1 aromatic heterocycles. The second kappa shape index (κ2) is 5.56. The molecule has 8 heteroatoms. The Balaban J connectivity index is 2.03. The first-order chi connectivity index (χ1) is 9.38. The summed E-state index contributed by atoms with van der Waals surface area (Å²) >= 11 is 0. The zero-order chi connectivity index (χ0) is 14.8. The lowest BCUT2D eigenvalue weighted by molar-refractivity contribution is -0.139. The summed E-state index contributed by atoms with van der Waals surface area (Å²) in [6.45, 7) is 0.488. The second-order valence-electron chi connectivity index (χ2n) is 4.44. The van der Waals surface area contributed by atoms with E-state index >= 15 is 0 Å². The predicted octanol–water partition coefficient (Wildman–Crippen LogP) is 2.62. The Morgan fingerprint density at radius 2 is 2.05 bits per heavy atom. The summed E-state index contributed by atoms with van der Waals surface area (Å²) < 4.78 is 43.6. The summed E-state index contributed by atoms with van der Waals surface area (Å²) in [6.07, 6.45) is -4.08. The lowest BCUT2D eigenvalue weighted by atomic mass is 10.1. The van der Waals surface area contributed by atoms with Crippen molar-refractivity contribution < 1.29 is 27.8 Å². The highest BCUT2D eigenvalue weighted by Crippen LogP contribution is 2.35. The molecule has 1 aromatic rings. The van der Waals surface area contributed by atoms with Crippen LogP contribution in [0.1, 0.15) is 18.4 Å². The number of halogens is 3. The van der Waals surface area contributed by atoms with E-state index in [4.69, 9.17) is 9.84 Å². The van der Waals surface area contributed by atoms with E-state index in [0.717, 1.165) is 6.07 Å². The minimum atomic E-state index is -4.52. The zero-order valence-corrected chi connectivity index (χ0v) is 10.4. The number of carboxylic acid groups (broad SMARTS) is 1.